The zero-order valence-electron chi connectivity index (χ0n) is 16.4. The van der Waals surface area contributed by atoms with Crippen molar-refractivity contribution in [2.24, 2.45) is 4.99 Å². The number of rotatable bonds is 7. The van der Waals surface area contributed by atoms with E-state index >= 15 is 0 Å². The van der Waals surface area contributed by atoms with Gasteiger partial charge in [-0.3, -0.25) is 4.99 Å². The third-order valence-corrected chi connectivity index (χ3v) is 5.70. The van der Waals surface area contributed by atoms with Gasteiger partial charge in [0.1, 0.15) is 5.76 Å². The molecule has 0 spiro atoms. The largest absolute Gasteiger partial charge is 0.469 e. The Kier molecular flexibility index (Phi) is 7.87. The summed E-state index contributed by atoms with van der Waals surface area (Å²) in [6, 6.07) is 5.37. The van der Waals surface area contributed by atoms with Crippen LogP contribution in [0.5, 0.6) is 0 Å². The summed E-state index contributed by atoms with van der Waals surface area (Å²) in [6.45, 7) is 6.36. The monoisotopic (exact) mass is 360 g/mol. The van der Waals surface area contributed by atoms with Gasteiger partial charge < -0.3 is 20.0 Å². The minimum Gasteiger partial charge on any atom is -0.469 e. The van der Waals surface area contributed by atoms with Gasteiger partial charge in [0.25, 0.3) is 0 Å². The van der Waals surface area contributed by atoms with Crippen molar-refractivity contribution < 1.29 is 4.42 Å². The first-order valence-corrected chi connectivity index (χ1v) is 10.7. The van der Waals surface area contributed by atoms with E-state index in [1.165, 1.54) is 58.0 Å². The number of likely N-dealkylation sites (tertiary alicyclic amines) is 1. The maximum absolute atomic E-state index is 5.41. The molecule has 3 rings (SSSR count). The van der Waals surface area contributed by atoms with Gasteiger partial charge in [-0.25, -0.2) is 0 Å². The minimum absolute atomic E-state index is 0.543. The third kappa shape index (κ3) is 6.04. The molecule has 1 aliphatic carbocycles. The Balaban J connectivity index is 1.41. The molecule has 146 valence electrons. The fourth-order valence-corrected chi connectivity index (χ4v) is 4.18. The van der Waals surface area contributed by atoms with Crippen LogP contribution in [0.15, 0.2) is 27.8 Å². The van der Waals surface area contributed by atoms with E-state index in [2.05, 4.69) is 22.5 Å². The number of aliphatic imine (C=N–C) groups is 1. The Morgan fingerprint density at radius 3 is 2.69 bits per heavy atom. The highest BCUT2D eigenvalue weighted by Gasteiger charge is 2.26. The lowest BCUT2D eigenvalue weighted by molar-refractivity contribution is 0.119. The molecule has 2 aliphatic rings. The second-order valence-corrected chi connectivity index (χ2v) is 7.73. The van der Waals surface area contributed by atoms with Crippen molar-refractivity contribution in [2.45, 2.75) is 76.8 Å². The maximum atomic E-state index is 5.41. The van der Waals surface area contributed by atoms with Crippen molar-refractivity contribution in [3.05, 3.63) is 24.2 Å². The lowest BCUT2D eigenvalue weighted by atomic mass is 9.92. The molecular weight excluding hydrogens is 324 g/mol. The summed E-state index contributed by atoms with van der Waals surface area (Å²) in [7, 11) is 0. The molecule has 1 aromatic rings. The molecule has 1 saturated heterocycles. The van der Waals surface area contributed by atoms with E-state index in [0.29, 0.717) is 6.04 Å². The molecule has 0 unspecified atom stereocenters. The SMILES string of the molecule is CCCN=C(NCCc1ccco1)NC1CCN(C2CCCCC2)CC1. The van der Waals surface area contributed by atoms with Crippen molar-refractivity contribution in [1.82, 2.24) is 15.5 Å². The van der Waals surface area contributed by atoms with Crippen LogP contribution in [0.1, 0.15) is 64.1 Å². The van der Waals surface area contributed by atoms with Crippen LogP contribution in [0.25, 0.3) is 0 Å². The van der Waals surface area contributed by atoms with Crippen LogP contribution in [0.3, 0.4) is 0 Å². The van der Waals surface area contributed by atoms with Crippen LogP contribution in [0, 0.1) is 0 Å². The molecule has 2 fully saturated rings. The van der Waals surface area contributed by atoms with Gasteiger partial charge in [-0.2, -0.15) is 0 Å². The summed E-state index contributed by atoms with van der Waals surface area (Å²) < 4.78 is 5.41. The molecule has 5 nitrogen and oxygen atoms in total. The highest BCUT2D eigenvalue weighted by atomic mass is 16.3. The molecule has 0 atom stereocenters. The molecule has 0 bridgehead atoms. The summed E-state index contributed by atoms with van der Waals surface area (Å²) in [6.07, 6.45) is 13.3. The Morgan fingerprint density at radius 1 is 1.19 bits per heavy atom. The van der Waals surface area contributed by atoms with Gasteiger partial charge >= 0.3 is 0 Å². The van der Waals surface area contributed by atoms with E-state index in [1.54, 1.807) is 6.26 Å². The van der Waals surface area contributed by atoms with Gasteiger partial charge in [0, 0.05) is 44.7 Å². The van der Waals surface area contributed by atoms with E-state index < -0.39 is 0 Å². The summed E-state index contributed by atoms with van der Waals surface area (Å²) in [5, 5.41) is 7.16. The molecule has 5 heteroatoms. The van der Waals surface area contributed by atoms with Gasteiger partial charge in [0.2, 0.25) is 0 Å². The van der Waals surface area contributed by atoms with Gasteiger partial charge in [-0.15, -0.1) is 0 Å². The lowest BCUT2D eigenvalue weighted by Crippen LogP contribution is -2.51. The van der Waals surface area contributed by atoms with Gasteiger partial charge in [-0.05, 0) is 44.2 Å². The van der Waals surface area contributed by atoms with Crippen molar-refractivity contribution in [3.63, 3.8) is 0 Å². The Bertz CT molecular complexity index is 514. The molecule has 0 aromatic carbocycles. The Labute approximate surface area is 158 Å². The lowest BCUT2D eigenvalue weighted by Gasteiger charge is -2.39. The fourth-order valence-electron chi connectivity index (χ4n) is 4.18. The summed E-state index contributed by atoms with van der Waals surface area (Å²) in [5.41, 5.74) is 0. The van der Waals surface area contributed by atoms with Gasteiger partial charge in [-0.1, -0.05) is 26.2 Å². The van der Waals surface area contributed by atoms with Crippen LogP contribution in [0.2, 0.25) is 0 Å². The second-order valence-electron chi connectivity index (χ2n) is 7.73. The van der Waals surface area contributed by atoms with Crippen LogP contribution in [-0.2, 0) is 6.42 Å². The summed E-state index contributed by atoms with van der Waals surface area (Å²) in [5.74, 6) is 1.99. The molecule has 0 radical (unpaired) electrons. The van der Waals surface area contributed by atoms with E-state index in [1.807, 2.05) is 12.1 Å². The highest BCUT2D eigenvalue weighted by Crippen LogP contribution is 2.25. The van der Waals surface area contributed by atoms with E-state index in [4.69, 9.17) is 9.41 Å². The van der Waals surface area contributed by atoms with Crippen molar-refractivity contribution in [3.8, 4) is 0 Å². The third-order valence-electron chi connectivity index (χ3n) is 5.70. The van der Waals surface area contributed by atoms with Crippen molar-refractivity contribution in [1.29, 1.82) is 0 Å². The molecule has 0 amide bonds. The predicted octanol–water partition coefficient (Wildman–Crippen LogP) is 3.56. The van der Waals surface area contributed by atoms with E-state index in [-0.39, 0.29) is 0 Å². The molecule has 2 heterocycles. The molecule has 1 aliphatic heterocycles. The number of nitrogens with zero attached hydrogens (tertiary/aromatic N) is 2. The fraction of sp³-hybridized carbons (Fsp3) is 0.762. The Hall–Kier alpha value is -1.49. The first-order chi connectivity index (χ1) is 12.8. The number of guanidine groups is 1. The number of piperidine rings is 1. The van der Waals surface area contributed by atoms with Crippen LogP contribution < -0.4 is 10.6 Å². The van der Waals surface area contributed by atoms with Gasteiger partial charge in [0.05, 0.1) is 6.26 Å². The maximum Gasteiger partial charge on any atom is 0.191 e. The molecule has 1 saturated carbocycles. The van der Waals surface area contributed by atoms with Crippen molar-refractivity contribution in [2.75, 3.05) is 26.2 Å². The number of nitrogens with one attached hydrogen (secondary N) is 2. The minimum atomic E-state index is 0.543. The van der Waals surface area contributed by atoms with Gasteiger partial charge in [0.15, 0.2) is 5.96 Å². The number of furan rings is 1. The van der Waals surface area contributed by atoms with E-state index in [0.717, 1.165) is 43.7 Å². The second kappa shape index (κ2) is 10.6. The molecule has 1 aromatic heterocycles. The normalized spacial score (nSPS) is 21.0. The topological polar surface area (TPSA) is 52.8 Å². The van der Waals surface area contributed by atoms with Crippen LogP contribution >= 0.6 is 0 Å². The average Bonchev–Trinajstić information content (AvgIpc) is 3.21. The smallest absolute Gasteiger partial charge is 0.191 e. The van der Waals surface area contributed by atoms with Crippen LogP contribution in [-0.4, -0.2) is 49.1 Å². The van der Waals surface area contributed by atoms with Crippen LogP contribution in [0.4, 0.5) is 0 Å². The molecular formula is C21H36N4O. The standard InChI is InChI=1S/C21H36N4O/c1-2-13-22-21(23-14-10-20-9-6-17-26-20)24-18-11-15-25(16-12-18)19-7-4-3-5-8-19/h6,9,17-19H,2-5,7-8,10-16H2,1H3,(H2,22,23,24). The highest BCUT2D eigenvalue weighted by molar-refractivity contribution is 5.80. The zero-order valence-corrected chi connectivity index (χ0v) is 16.4. The first kappa shape index (κ1) is 19.3. The quantitative estimate of drug-likeness (QED) is 0.577. The first-order valence-electron chi connectivity index (χ1n) is 10.7. The predicted molar refractivity (Wildman–Crippen MR) is 108 cm³/mol. The van der Waals surface area contributed by atoms with Crippen molar-refractivity contribution >= 4 is 5.96 Å². The zero-order chi connectivity index (χ0) is 18.0. The number of hydrogen-bond acceptors (Lipinski definition) is 3. The number of hydrogen-bond donors (Lipinski definition) is 2. The average molecular weight is 361 g/mol. The van der Waals surface area contributed by atoms with E-state index in [9.17, 15) is 0 Å². The summed E-state index contributed by atoms with van der Waals surface area (Å²) >= 11 is 0. The Morgan fingerprint density at radius 2 is 2.00 bits per heavy atom. The summed E-state index contributed by atoms with van der Waals surface area (Å²) in [4.78, 5) is 7.45. The molecule has 26 heavy (non-hydrogen) atoms. The molecule has 2 N–H and O–H groups in total.